The quantitative estimate of drug-likeness (QED) is 0.799. The van der Waals surface area contributed by atoms with Crippen molar-refractivity contribution in [3.8, 4) is 11.5 Å². The Balaban J connectivity index is 2.98. The number of methoxy groups -OCH3 is 1. The third-order valence-electron chi connectivity index (χ3n) is 2.31. The van der Waals surface area contributed by atoms with E-state index in [0.717, 1.165) is 28.2 Å². The number of hydrogen-bond donors (Lipinski definition) is 1. The number of ether oxygens (including phenoxy) is 2. The van der Waals surface area contributed by atoms with Gasteiger partial charge in [0, 0.05) is 5.56 Å². The van der Waals surface area contributed by atoms with Crippen LogP contribution in [-0.4, -0.2) is 19.8 Å². The fraction of sp³-hybridized carbons (Fsp3) is 0.538. The van der Waals surface area contributed by atoms with Crippen molar-refractivity contribution < 1.29 is 14.8 Å². The number of rotatable bonds is 6. The van der Waals surface area contributed by atoms with E-state index in [1.807, 2.05) is 13.8 Å². The second kappa shape index (κ2) is 7.06. The molecule has 0 bridgehead atoms. The summed E-state index contributed by atoms with van der Waals surface area (Å²) in [5.41, 5.74) is 1.27. The van der Waals surface area contributed by atoms with E-state index in [9.17, 15) is 0 Å². The Morgan fingerprint density at radius 2 is 2.06 bits per heavy atom. The maximum atomic E-state index is 5.78. The molecule has 0 saturated carbocycles. The lowest BCUT2D eigenvalue weighted by Gasteiger charge is -2.16. The van der Waals surface area contributed by atoms with Gasteiger partial charge in [-0.15, -0.1) is 0 Å². The monoisotopic (exact) mass is 350 g/mol. The van der Waals surface area contributed by atoms with Gasteiger partial charge in [0.25, 0.3) is 0 Å². The number of quaternary nitrogens is 1. The van der Waals surface area contributed by atoms with Crippen molar-refractivity contribution in [3.05, 3.63) is 21.3 Å². The second-order valence-corrected chi connectivity index (χ2v) is 5.34. The third kappa shape index (κ3) is 4.35. The van der Waals surface area contributed by atoms with Crippen molar-refractivity contribution in [1.82, 2.24) is 0 Å². The molecule has 0 aliphatic heterocycles. The van der Waals surface area contributed by atoms with Crippen LogP contribution in [0.1, 0.15) is 26.3 Å². The minimum atomic E-state index is 0.158. The van der Waals surface area contributed by atoms with E-state index in [1.54, 1.807) is 7.11 Å². The lowest BCUT2D eigenvalue weighted by molar-refractivity contribution is -0.667. The molecule has 0 saturated heterocycles. The highest BCUT2D eigenvalue weighted by Gasteiger charge is 2.13. The Morgan fingerprint density at radius 3 is 2.59 bits per heavy atom. The topological polar surface area (TPSA) is 35.1 Å². The smallest absolute Gasteiger partial charge is 0.174 e. The van der Waals surface area contributed by atoms with Crippen LogP contribution in [0.4, 0.5) is 0 Å². The van der Waals surface area contributed by atoms with Gasteiger partial charge in [-0.1, -0.05) is 0 Å². The summed E-state index contributed by atoms with van der Waals surface area (Å²) in [6, 6.07) is 4.22. The zero-order valence-electron chi connectivity index (χ0n) is 10.9. The number of benzene rings is 1. The predicted octanol–water partition coefficient (Wildman–Crippen LogP) is 2.17. The van der Waals surface area contributed by atoms with Gasteiger partial charge in [0.1, 0.15) is 6.54 Å². The van der Waals surface area contributed by atoms with E-state index >= 15 is 0 Å². The van der Waals surface area contributed by atoms with Crippen LogP contribution < -0.4 is 14.8 Å². The van der Waals surface area contributed by atoms with E-state index in [1.165, 1.54) is 5.56 Å². The first kappa shape index (κ1) is 14.6. The molecule has 0 aromatic heterocycles. The van der Waals surface area contributed by atoms with E-state index in [0.29, 0.717) is 0 Å². The van der Waals surface area contributed by atoms with Crippen LogP contribution in [0, 0.1) is 3.57 Å². The molecular formula is C13H21INO2+. The molecule has 1 rings (SSSR count). The summed E-state index contributed by atoms with van der Waals surface area (Å²) in [5, 5.41) is 2.26. The van der Waals surface area contributed by atoms with Gasteiger partial charge in [-0.25, -0.2) is 0 Å². The molecule has 3 nitrogen and oxygen atoms in total. The summed E-state index contributed by atoms with van der Waals surface area (Å²) in [6.45, 7) is 8.26. The van der Waals surface area contributed by atoms with Crippen LogP contribution >= 0.6 is 22.6 Å². The minimum Gasteiger partial charge on any atom is -0.493 e. The Hall–Kier alpha value is -0.490. The number of nitrogens with two attached hydrogens (primary N) is 1. The molecule has 4 heteroatoms. The molecule has 0 aliphatic rings. The first-order valence-electron chi connectivity index (χ1n) is 5.93. The van der Waals surface area contributed by atoms with Crippen molar-refractivity contribution in [1.29, 1.82) is 0 Å². The highest BCUT2D eigenvalue weighted by Crippen LogP contribution is 2.34. The summed E-state index contributed by atoms with van der Waals surface area (Å²) >= 11 is 2.30. The van der Waals surface area contributed by atoms with E-state index in [2.05, 4.69) is 47.0 Å². The molecule has 0 radical (unpaired) electrons. The van der Waals surface area contributed by atoms with Crippen molar-refractivity contribution >= 4 is 22.6 Å². The Morgan fingerprint density at radius 1 is 1.35 bits per heavy atom. The van der Waals surface area contributed by atoms with Crippen LogP contribution in [-0.2, 0) is 6.54 Å². The SMILES string of the molecule is CC[NH2+]Cc1cc(I)c(OC(C)C)c(OC)c1. The van der Waals surface area contributed by atoms with Gasteiger partial charge in [0.15, 0.2) is 11.5 Å². The minimum absolute atomic E-state index is 0.158. The van der Waals surface area contributed by atoms with Gasteiger partial charge in [0.05, 0.1) is 23.3 Å². The molecule has 1 aromatic carbocycles. The highest BCUT2D eigenvalue weighted by molar-refractivity contribution is 14.1. The normalized spacial score (nSPS) is 10.7. The summed E-state index contributed by atoms with van der Waals surface area (Å²) in [4.78, 5) is 0. The maximum absolute atomic E-state index is 5.78. The largest absolute Gasteiger partial charge is 0.493 e. The van der Waals surface area contributed by atoms with Crippen LogP contribution in [0.2, 0.25) is 0 Å². The summed E-state index contributed by atoms with van der Waals surface area (Å²) in [5.74, 6) is 1.67. The summed E-state index contributed by atoms with van der Waals surface area (Å²) < 4.78 is 12.3. The molecule has 0 spiro atoms. The fourth-order valence-corrected chi connectivity index (χ4v) is 2.35. The van der Waals surface area contributed by atoms with Gasteiger partial charge in [-0.2, -0.15) is 0 Å². The highest BCUT2D eigenvalue weighted by atomic mass is 127. The fourth-order valence-electron chi connectivity index (χ4n) is 1.55. The first-order chi connectivity index (χ1) is 8.08. The summed E-state index contributed by atoms with van der Waals surface area (Å²) in [6.07, 6.45) is 0.158. The first-order valence-corrected chi connectivity index (χ1v) is 7.01. The lowest BCUT2D eigenvalue weighted by atomic mass is 10.2. The molecule has 0 aliphatic carbocycles. The van der Waals surface area contributed by atoms with E-state index in [4.69, 9.17) is 9.47 Å². The van der Waals surface area contributed by atoms with Crippen molar-refractivity contribution in [2.45, 2.75) is 33.4 Å². The zero-order chi connectivity index (χ0) is 12.8. The lowest BCUT2D eigenvalue weighted by Crippen LogP contribution is -2.81. The number of hydrogen-bond acceptors (Lipinski definition) is 2. The average Bonchev–Trinajstić information content (AvgIpc) is 2.28. The van der Waals surface area contributed by atoms with Crippen molar-refractivity contribution in [2.24, 2.45) is 0 Å². The Labute approximate surface area is 117 Å². The van der Waals surface area contributed by atoms with Crippen LogP contribution in [0.3, 0.4) is 0 Å². The van der Waals surface area contributed by atoms with Crippen LogP contribution in [0.25, 0.3) is 0 Å². The van der Waals surface area contributed by atoms with Crippen molar-refractivity contribution in [3.63, 3.8) is 0 Å². The molecule has 0 fully saturated rings. The molecule has 0 heterocycles. The van der Waals surface area contributed by atoms with Gasteiger partial charge in [0.2, 0.25) is 0 Å². The molecule has 17 heavy (non-hydrogen) atoms. The van der Waals surface area contributed by atoms with E-state index < -0.39 is 0 Å². The molecule has 0 amide bonds. The van der Waals surface area contributed by atoms with Crippen molar-refractivity contribution in [2.75, 3.05) is 13.7 Å². The molecule has 1 aromatic rings. The standard InChI is InChI=1S/C13H20INO2/c1-5-15-8-10-6-11(14)13(17-9(2)3)12(7-10)16-4/h6-7,9,15H,5,8H2,1-4H3/p+1. The number of halogens is 1. The molecule has 0 atom stereocenters. The van der Waals surface area contributed by atoms with Crippen LogP contribution in [0.15, 0.2) is 12.1 Å². The molecule has 96 valence electrons. The van der Waals surface area contributed by atoms with Crippen LogP contribution in [0.5, 0.6) is 11.5 Å². The molecule has 2 N–H and O–H groups in total. The summed E-state index contributed by atoms with van der Waals surface area (Å²) in [7, 11) is 1.69. The van der Waals surface area contributed by atoms with Gasteiger partial charge < -0.3 is 14.8 Å². The Bertz CT molecular complexity index is 367. The van der Waals surface area contributed by atoms with Gasteiger partial charge in [-0.05, 0) is 55.5 Å². The third-order valence-corrected chi connectivity index (χ3v) is 3.11. The molecular weight excluding hydrogens is 329 g/mol. The van der Waals surface area contributed by atoms with Gasteiger partial charge >= 0.3 is 0 Å². The predicted molar refractivity (Wildman–Crippen MR) is 77.6 cm³/mol. The molecule has 0 unspecified atom stereocenters. The maximum Gasteiger partial charge on any atom is 0.174 e. The second-order valence-electron chi connectivity index (χ2n) is 4.18. The Kier molecular flexibility index (Phi) is 6.05. The van der Waals surface area contributed by atoms with Gasteiger partial charge in [-0.3, -0.25) is 0 Å². The zero-order valence-corrected chi connectivity index (χ0v) is 13.1. The average molecular weight is 350 g/mol. The van der Waals surface area contributed by atoms with E-state index in [-0.39, 0.29) is 6.10 Å².